The highest BCUT2D eigenvalue weighted by Gasteiger charge is 2.13. The second kappa shape index (κ2) is 6.78. The summed E-state index contributed by atoms with van der Waals surface area (Å²) < 4.78 is 6.01. The van der Waals surface area contributed by atoms with Crippen molar-refractivity contribution >= 4 is 11.6 Å². The van der Waals surface area contributed by atoms with E-state index in [1.165, 1.54) is 0 Å². The molecule has 0 radical (unpaired) electrons. The summed E-state index contributed by atoms with van der Waals surface area (Å²) in [6.45, 7) is 4.16. The van der Waals surface area contributed by atoms with Crippen LogP contribution >= 0.6 is 11.6 Å². The zero-order chi connectivity index (χ0) is 14.5. The number of nitrogens with one attached hydrogen (secondary N) is 1. The summed E-state index contributed by atoms with van der Waals surface area (Å²) in [6, 6.07) is 14.2. The lowest BCUT2D eigenvalue weighted by Gasteiger charge is -2.19. The number of hydrogen-bond acceptors (Lipinski definition) is 2. The van der Waals surface area contributed by atoms with Gasteiger partial charge in [-0.25, -0.2) is 0 Å². The molecule has 2 aromatic rings. The van der Waals surface area contributed by atoms with Crippen molar-refractivity contribution in [2.75, 3.05) is 7.05 Å². The Morgan fingerprint density at radius 2 is 1.90 bits per heavy atom. The quantitative estimate of drug-likeness (QED) is 0.826. The lowest BCUT2D eigenvalue weighted by molar-refractivity contribution is 0.459. The van der Waals surface area contributed by atoms with E-state index in [1.807, 2.05) is 50.4 Å². The predicted octanol–water partition coefficient (Wildman–Crippen LogP) is 5.11. The van der Waals surface area contributed by atoms with Gasteiger partial charge >= 0.3 is 0 Å². The highest BCUT2D eigenvalue weighted by atomic mass is 35.5. The highest BCUT2D eigenvalue weighted by Crippen LogP contribution is 2.34. The Hall–Kier alpha value is -1.51. The third kappa shape index (κ3) is 3.33. The second-order valence-corrected chi connectivity index (χ2v) is 5.23. The molecule has 2 rings (SSSR count). The van der Waals surface area contributed by atoms with E-state index in [2.05, 4.69) is 18.3 Å². The van der Waals surface area contributed by atoms with Crippen LogP contribution in [0.5, 0.6) is 11.5 Å². The Bertz CT molecular complexity index is 579. The molecule has 0 aliphatic heterocycles. The molecule has 0 bridgehead atoms. The molecular weight excluding hydrogens is 270 g/mol. The van der Waals surface area contributed by atoms with Gasteiger partial charge in [0, 0.05) is 11.6 Å². The van der Waals surface area contributed by atoms with Gasteiger partial charge in [-0.3, -0.25) is 0 Å². The number of para-hydroxylation sites is 1. The molecule has 0 amide bonds. The fourth-order valence-corrected chi connectivity index (χ4v) is 2.52. The van der Waals surface area contributed by atoms with Crippen molar-refractivity contribution < 1.29 is 4.74 Å². The highest BCUT2D eigenvalue weighted by molar-refractivity contribution is 6.32. The van der Waals surface area contributed by atoms with Crippen molar-refractivity contribution in [1.82, 2.24) is 5.32 Å². The minimum Gasteiger partial charge on any atom is -0.455 e. The third-order valence-electron chi connectivity index (χ3n) is 3.36. The molecule has 2 aromatic carbocycles. The topological polar surface area (TPSA) is 21.3 Å². The summed E-state index contributed by atoms with van der Waals surface area (Å²) in [6.07, 6.45) is 0.999. The predicted molar refractivity (Wildman–Crippen MR) is 84.8 cm³/mol. The van der Waals surface area contributed by atoms with Crippen LogP contribution in [0, 0.1) is 6.92 Å². The summed E-state index contributed by atoms with van der Waals surface area (Å²) in [4.78, 5) is 0. The van der Waals surface area contributed by atoms with Gasteiger partial charge in [-0.2, -0.15) is 0 Å². The summed E-state index contributed by atoms with van der Waals surface area (Å²) in [5, 5.41) is 3.94. The second-order valence-electron chi connectivity index (χ2n) is 4.82. The zero-order valence-corrected chi connectivity index (χ0v) is 12.9. The molecular formula is C17H20ClNO. The SMILES string of the molecule is CCC(NC)c1ccccc1Oc1ccc(C)cc1Cl. The van der Waals surface area contributed by atoms with Crippen LogP contribution in [0.1, 0.15) is 30.5 Å². The van der Waals surface area contributed by atoms with Gasteiger partial charge in [-0.15, -0.1) is 0 Å². The van der Waals surface area contributed by atoms with Gasteiger partial charge in [-0.1, -0.05) is 42.8 Å². The van der Waals surface area contributed by atoms with Crippen LogP contribution in [0.2, 0.25) is 5.02 Å². The van der Waals surface area contributed by atoms with Crippen LogP contribution in [0.4, 0.5) is 0 Å². The maximum Gasteiger partial charge on any atom is 0.146 e. The van der Waals surface area contributed by atoms with E-state index >= 15 is 0 Å². The molecule has 0 aliphatic carbocycles. The van der Waals surface area contributed by atoms with Gasteiger partial charge in [-0.05, 0) is 44.2 Å². The minimum atomic E-state index is 0.274. The largest absolute Gasteiger partial charge is 0.455 e. The van der Waals surface area contributed by atoms with Crippen LogP contribution in [-0.2, 0) is 0 Å². The molecule has 3 heteroatoms. The molecule has 1 N–H and O–H groups in total. The van der Waals surface area contributed by atoms with Gasteiger partial charge in [0.05, 0.1) is 5.02 Å². The Morgan fingerprint density at radius 1 is 1.15 bits per heavy atom. The molecule has 2 nitrogen and oxygen atoms in total. The van der Waals surface area contributed by atoms with Crippen LogP contribution < -0.4 is 10.1 Å². The number of halogens is 1. The molecule has 0 heterocycles. The molecule has 0 aliphatic rings. The number of rotatable bonds is 5. The van der Waals surface area contributed by atoms with Crippen molar-refractivity contribution in [2.45, 2.75) is 26.3 Å². The smallest absolute Gasteiger partial charge is 0.146 e. The van der Waals surface area contributed by atoms with Crippen LogP contribution in [-0.4, -0.2) is 7.05 Å². The molecule has 1 unspecified atom stereocenters. The van der Waals surface area contributed by atoms with Crippen LogP contribution in [0.25, 0.3) is 0 Å². The number of aryl methyl sites for hydroxylation is 1. The molecule has 0 saturated carbocycles. The zero-order valence-electron chi connectivity index (χ0n) is 12.1. The monoisotopic (exact) mass is 289 g/mol. The summed E-state index contributed by atoms with van der Waals surface area (Å²) in [7, 11) is 1.96. The van der Waals surface area contributed by atoms with Crippen molar-refractivity contribution in [3.8, 4) is 11.5 Å². The molecule has 0 saturated heterocycles. The lowest BCUT2D eigenvalue weighted by Crippen LogP contribution is -2.15. The molecule has 20 heavy (non-hydrogen) atoms. The summed E-state index contributed by atoms with van der Waals surface area (Å²) in [5.74, 6) is 1.54. The molecule has 0 spiro atoms. The van der Waals surface area contributed by atoms with E-state index in [0.29, 0.717) is 10.8 Å². The first-order valence-corrected chi connectivity index (χ1v) is 7.23. The molecule has 106 valence electrons. The number of hydrogen-bond donors (Lipinski definition) is 1. The number of benzene rings is 2. The Balaban J connectivity index is 2.33. The first-order valence-electron chi connectivity index (χ1n) is 6.86. The fourth-order valence-electron chi connectivity index (χ4n) is 2.25. The van der Waals surface area contributed by atoms with Crippen LogP contribution in [0.15, 0.2) is 42.5 Å². The Kier molecular flexibility index (Phi) is 5.05. The van der Waals surface area contributed by atoms with Gasteiger partial charge in [0.25, 0.3) is 0 Å². The van der Waals surface area contributed by atoms with E-state index < -0.39 is 0 Å². The molecule has 1 atom stereocenters. The number of ether oxygens (including phenoxy) is 1. The van der Waals surface area contributed by atoms with Gasteiger partial charge in [0.1, 0.15) is 11.5 Å². The Labute approximate surface area is 125 Å². The van der Waals surface area contributed by atoms with E-state index in [0.717, 1.165) is 23.3 Å². The van der Waals surface area contributed by atoms with E-state index in [9.17, 15) is 0 Å². The van der Waals surface area contributed by atoms with E-state index in [1.54, 1.807) is 0 Å². The lowest BCUT2D eigenvalue weighted by atomic mass is 10.0. The van der Waals surface area contributed by atoms with E-state index in [-0.39, 0.29) is 6.04 Å². The van der Waals surface area contributed by atoms with Crippen molar-refractivity contribution in [3.05, 3.63) is 58.6 Å². The summed E-state index contributed by atoms with van der Waals surface area (Å²) in [5.41, 5.74) is 2.27. The maximum absolute atomic E-state index is 6.24. The van der Waals surface area contributed by atoms with Gasteiger partial charge in [0.2, 0.25) is 0 Å². The molecule has 0 aromatic heterocycles. The van der Waals surface area contributed by atoms with Gasteiger partial charge in [0.15, 0.2) is 0 Å². The first kappa shape index (κ1) is 14.9. The van der Waals surface area contributed by atoms with Crippen LogP contribution in [0.3, 0.4) is 0 Å². The average molecular weight is 290 g/mol. The standard InChI is InChI=1S/C17H20ClNO/c1-4-15(19-3)13-7-5-6-8-16(13)20-17-10-9-12(2)11-14(17)18/h5-11,15,19H,4H2,1-3H3. The van der Waals surface area contributed by atoms with Crippen molar-refractivity contribution in [3.63, 3.8) is 0 Å². The average Bonchev–Trinajstić information content (AvgIpc) is 2.45. The van der Waals surface area contributed by atoms with E-state index in [4.69, 9.17) is 16.3 Å². The van der Waals surface area contributed by atoms with Gasteiger partial charge < -0.3 is 10.1 Å². The fraction of sp³-hybridized carbons (Fsp3) is 0.294. The molecule has 0 fully saturated rings. The Morgan fingerprint density at radius 3 is 2.55 bits per heavy atom. The van der Waals surface area contributed by atoms with Crippen molar-refractivity contribution in [2.24, 2.45) is 0 Å². The summed E-state index contributed by atoms with van der Waals surface area (Å²) >= 11 is 6.24. The minimum absolute atomic E-state index is 0.274. The normalized spacial score (nSPS) is 12.2. The maximum atomic E-state index is 6.24. The third-order valence-corrected chi connectivity index (χ3v) is 3.65. The first-order chi connectivity index (χ1) is 9.65. The van der Waals surface area contributed by atoms with Crippen molar-refractivity contribution in [1.29, 1.82) is 0 Å².